The summed E-state index contributed by atoms with van der Waals surface area (Å²) >= 11 is 0. The summed E-state index contributed by atoms with van der Waals surface area (Å²) in [5, 5.41) is 3.00. The molecule has 6 nitrogen and oxygen atoms in total. The maximum Gasteiger partial charge on any atom is 0.251 e. The molecule has 2 aromatic carbocycles. The Balaban J connectivity index is 1.42. The van der Waals surface area contributed by atoms with Gasteiger partial charge in [0, 0.05) is 18.2 Å². The molecule has 1 amide bonds. The summed E-state index contributed by atoms with van der Waals surface area (Å²) in [4.78, 5) is 17.7. The molecule has 0 spiro atoms. The minimum Gasteiger partial charge on any atom is -0.497 e. The van der Waals surface area contributed by atoms with Crippen LogP contribution in [-0.2, 0) is 6.54 Å². The smallest absolute Gasteiger partial charge is 0.251 e. The van der Waals surface area contributed by atoms with Crippen molar-refractivity contribution in [3.8, 4) is 17.1 Å². The van der Waals surface area contributed by atoms with Crippen LogP contribution >= 0.6 is 0 Å². The number of benzene rings is 2. The molecule has 0 unspecified atom stereocenters. The second kappa shape index (κ2) is 8.91. The van der Waals surface area contributed by atoms with Crippen molar-refractivity contribution in [1.29, 1.82) is 0 Å². The molecule has 0 atom stereocenters. The fourth-order valence-corrected chi connectivity index (χ4v) is 4.57. The van der Waals surface area contributed by atoms with Crippen LogP contribution in [-0.4, -0.2) is 22.6 Å². The normalized spacial score (nSPS) is 14.5. The Labute approximate surface area is 187 Å². The van der Waals surface area contributed by atoms with E-state index in [0.29, 0.717) is 18.2 Å². The van der Waals surface area contributed by atoms with E-state index in [1.807, 2.05) is 48.5 Å². The van der Waals surface area contributed by atoms with Gasteiger partial charge in [-0.05, 0) is 54.8 Å². The molecule has 2 heterocycles. The van der Waals surface area contributed by atoms with E-state index >= 15 is 0 Å². The van der Waals surface area contributed by atoms with Crippen molar-refractivity contribution in [2.45, 2.75) is 44.7 Å². The third kappa shape index (κ3) is 4.00. The average molecular weight is 430 g/mol. The Morgan fingerprint density at radius 3 is 2.66 bits per heavy atom. The summed E-state index contributed by atoms with van der Waals surface area (Å²) in [5.74, 6) is 1.60. The molecule has 0 radical (unpaired) electrons. The zero-order valence-electron chi connectivity index (χ0n) is 18.2. The van der Waals surface area contributed by atoms with Crippen molar-refractivity contribution in [3.05, 3.63) is 72.2 Å². The Bertz CT molecular complexity index is 1200. The molecule has 0 aliphatic heterocycles. The van der Waals surface area contributed by atoms with Gasteiger partial charge in [-0.2, -0.15) is 0 Å². The van der Waals surface area contributed by atoms with Crippen molar-refractivity contribution in [2.24, 2.45) is 0 Å². The topological polar surface area (TPSA) is 69.3 Å². The summed E-state index contributed by atoms with van der Waals surface area (Å²) in [6.07, 6.45) is 9.49. The van der Waals surface area contributed by atoms with Crippen LogP contribution in [0.5, 0.6) is 5.75 Å². The second-order valence-corrected chi connectivity index (χ2v) is 8.34. The van der Waals surface area contributed by atoms with E-state index in [9.17, 15) is 4.79 Å². The van der Waals surface area contributed by atoms with Gasteiger partial charge in [0.1, 0.15) is 17.8 Å². The van der Waals surface area contributed by atoms with Crippen LogP contribution in [0.1, 0.15) is 54.1 Å². The monoisotopic (exact) mass is 429 g/mol. The lowest BCUT2D eigenvalue weighted by Gasteiger charge is -2.25. The van der Waals surface area contributed by atoms with Gasteiger partial charge >= 0.3 is 0 Å². The minimum absolute atomic E-state index is 0.111. The molecule has 1 aliphatic rings. The number of aromatic nitrogens is 2. The number of rotatable bonds is 6. The van der Waals surface area contributed by atoms with Gasteiger partial charge in [0.05, 0.1) is 30.0 Å². The van der Waals surface area contributed by atoms with Gasteiger partial charge in [-0.15, -0.1) is 0 Å². The fraction of sp³-hybridized carbons (Fsp3) is 0.308. The molecule has 6 heteroatoms. The highest BCUT2D eigenvalue weighted by atomic mass is 16.5. The van der Waals surface area contributed by atoms with Gasteiger partial charge in [-0.25, -0.2) is 4.98 Å². The first kappa shape index (κ1) is 20.4. The van der Waals surface area contributed by atoms with Gasteiger partial charge in [-0.3, -0.25) is 4.79 Å². The zero-order valence-corrected chi connectivity index (χ0v) is 18.2. The lowest BCUT2D eigenvalue weighted by molar-refractivity contribution is 0.0951. The molecule has 1 fully saturated rings. The van der Waals surface area contributed by atoms with Gasteiger partial charge in [0.15, 0.2) is 0 Å². The van der Waals surface area contributed by atoms with Gasteiger partial charge < -0.3 is 19.0 Å². The molecule has 0 bridgehead atoms. The summed E-state index contributed by atoms with van der Waals surface area (Å²) in [5.41, 5.74) is 4.50. The highest BCUT2D eigenvalue weighted by Gasteiger charge is 2.23. The molecule has 1 aliphatic carbocycles. The standard InChI is InChI=1S/C26H27N3O3/c1-31-22-10-7-18(8-11-22)16-27-26(30)19-9-12-24-23(15-19)28-25(20-13-14-32-17-20)29(24)21-5-3-2-4-6-21/h7-15,17,21H,2-6,16H2,1H3,(H,27,30). The number of carbonyl (C=O) groups is 1. The molecular formula is C26H27N3O3. The summed E-state index contributed by atoms with van der Waals surface area (Å²) in [7, 11) is 1.64. The van der Waals surface area contributed by atoms with Crippen LogP contribution in [0.25, 0.3) is 22.4 Å². The van der Waals surface area contributed by atoms with E-state index in [1.165, 1.54) is 19.3 Å². The molecule has 5 rings (SSSR count). The van der Waals surface area contributed by atoms with Crippen LogP contribution in [0.3, 0.4) is 0 Å². The van der Waals surface area contributed by atoms with Gasteiger partial charge in [0.25, 0.3) is 5.91 Å². The van der Waals surface area contributed by atoms with Crippen molar-refractivity contribution < 1.29 is 13.9 Å². The minimum atomic E-state index is -0.111. The van der Waals surface area contributed by atoms with E-state index in [-0.39, 0.29) is 5.91 Å². The zero-order chi connectivity index (χ0) is 21.9. The van der Waals surface area contributed by atoms with E-state index < -0.39 is 0 Å². The third-order valence-corrected chi connectivity index (χ3v) is 6.28. The maximum absolute atomic E-state index is 12.8. The first-order valence-corrected chi connectivity index (χ1v) is 11.2. The first-order chi connectivity index (χ1) is 15.7. The number of carbonyl (C=O) groups excluding carboxylic acids is 1. The Hall–Kier alpha value is -3.54. The van der Waals surface area contributed by atoms with Crippen LogP contribution in [0, 0.1) is 0 Å². The molecule has 1 saturated carbocycles. The van der Waals surface area contributed by atoms with Crippen LogP contribution in [0.15, 0.2) is 65.5 Å². The first-order valence-electron chi connectivity index (χ1n) is 11.2. The quantitative estimate of drug-likeness (QED) is 0.424. The maximum atomic E-state index is 12.8. The van der Waals surface area contributed by atoms with Crippen LogP contribution in [0.2, 0.25) is 0 Å². The molecule has 1 N–H and O–H groups in total. The van der Waals surface area contributed by atoms with Crippen molar-refractivity contribution in [3.63, 3.8) is 0 Å². The number of furan rings is 1. The molecule has 32 heavy (non-hydrogen) atoms. The van der Waals surface area contributed by atoms with E-state index in [0.717, 1.165) is 46.6 Å². The lowest BCUT2D eigenvalue weighted by Crippen LogP contribution is -2.22. The number of imidazole rings is 1. The van der Waals surface area contributed by atoms with E-state index in [1.54, 1.807) is 19.6 Å². The Morgan fingerprint density at radius 2 is 1.94 bits per heavy atom. The number of amides is 1. The molecule has 0 saturated heterocycles. The predicted octanol–water partition coefficient (Wildman–Crippen LogP) is 5.74. The van der Waals surface area contributed by atoms with Crippen LogP contribution in [0.4, 0.5) is 0 Å². The fourth-order valence-electron chi connectivity index (χ4n) is 4.57. The largest absolute Gasteiger partial charge is 0.497 e. The van der Waals surface area contributed by atoms with Crippen LogP contribution < -0.4 is 10.1 Å². The molecular weight excluding hydrogens is 402 g/mol. The summed E-state index contributed by atoms with van der Waals surface area (Å²) in [6, 6.07) is 15.9. The summed E-state index contributed by atoms with van der Waals surface area (Å²) < 4.78 is 12.9. The predicted molar refractivity (Wildman–Crippen MR) is 124 cm³/mol. The van der Waals surface area contributed by atoms with E-state index in [2.05, 4.69) is 9.88 Å². The average Bonchev–Trinajstić information content (AvgIpc) is 3.51. The van der Waals surface area contributed by atoms with Gasteiger partial charge in [0.2, 0.25) is 0 Å². The highest BCUT2D eigenvalue weighted by Crippen LogP contribution is 2.36. The number of hydrogen-bond donors (Lipinski definition) is 1. The molecule has 2 aromatic heterocycles. The number of hydrogen-bond acceptors (Lipinski definition) is 4. The van der Waals surface area contributed by atoms with Gasteiger partial charge in [-0.1, -0.05) is 31.4 Å². The molecule has 164 valence electrons. The number of methoxy groups -OCH3 is 1. The number of ether oxygens (including phenoxy) is 1. The van der Waals surface area contributed by atoms with Crippen molar-refractivity contribution in [2.75, 3.05) is 7.11 Å². The number of nitrogens with one attached hydrogen (secondary N) is 1. The molecule has 4 aromatic rings. The number of nitrogens with zero attached hydrogens (tertiary/aromatic N) is 2. The summed E-state index contributed by atoms with van der Waals surface area (Å²) in [6.45, 7) is 0.456. The lowest BCUT2D eigenvalue weighted by atomic mass is 9.95. The third-order valence-electron chi connectivity index (χ3n) is 6.28. The second-order valence-electron chi connectivity index (χ2n) is 8.34. The SMILES string of the molecule is COc1ccc(CNC(=O)c2ccc3c(c2)nc(-c2ccoc2)n3C2CCCCC2)cc1. The Kier molecular flexibility index (Phi) is 5.67. The highest BCUT2D eigenvalue weighted by molar-refractivity contribution is 5.97. The Morgan fingerprint density at radius 1 is 1.12 bits per heavy atom. The number of fused-ring (bicyclic) bond motifs is 1. The van der Waals surface area contributed by atoms with Crippen molar-refractivity contribution >= 4 is 16.9 Å². The van der Waals surface area contributed by atoms with E-state index in [4.69, 9.17) is 14.1 Å². The van der Waals surface area contributed by atoms with Crippen molar-refractivity contribution in [1.82, 2.24) is 14.9 Å².